The van der Waals surface area contributed by atoms with Crippen LogP contribution in [0, 0.1) is 0 Å². The average Bonchev–Trinajstić information content (AvgIpc) is 2.65. The van der Waals surface area contributed by atoms with Gasteiger partial charge in [-0.05, 0) is 25.0 Å². The van der Waals surface area contributed by atoms with Crippen molar-refractivity contribution in [1.82, 2.24) is 10.4 Å². The molecule has 3 rings (SSSR count). The fourth-order valence-electron chi connectivity index (χ4n) is 1.98. The maximum absolute atomic E-state index is 5.36. The Morgan fingerprint density at radius 2 is 2.06 bits per heavy atom. The van der Waals surface area contributed by atoms with Crippen molar-refractivity contribution in [1.29, 1.82) is 0 Å². The van der Waals surface area contributed by atoms with Gasteiger partial charge in [0.25, 0.3) is 0 Å². The zero-order valence-corrected chi connectivity index (χ0v) is 9.63. The van der Waals surface area contributed by atoms with Crippen molar-refractivity contribution in [3.63, 3.8) is 0 Å². The van der Waals surface area contributed by atoms with Gasteiger partial charge in [0.15, 0.2) is 5.13 Å². The molecule has 1 saturated carbocycles. The van der Waals surface area contributed by atoms with Crippen molar-refractivity contribution < 1.29 is 0 Å². The smallest absolute Gasteiger partial charge is 0.184 e. The number of aromatic nitrogens is 1. The molecule has 0 aliphatic heterocycles. The first kappa shape index (κ1) is 10.0. The van der Waals surface area contributed by atoms with Crippen LogP contribution in [0.3, 0.4) is 0 Å². The summed E-state index contributed by atoms with van der Waals surface area (Å²) in [6.07, 6.45) is 2.15. The molecule has 4 N–H and O–H groups in total. The number of nitrogens with zero attached hydrogens (tertiary/aromatic N) is 1. The van der Waals surface area contributed by atoms with Crippen molar-refractivity contribution in [2.45, 2.75) is 24.9 Å². The lowest BCUT2D eigenvalue weighted by atomic mass is 9.87. The van der Waals surface area contributed by atoms with E-state index in [-0.39, 0.29) is 0 Å². The Balaban J connectivity index is 1.71. The predicted octanol–water partition coefficient (Wildman–Crippen LogP) is 1.70. The zero-order chi connectivity index (χ0) is 11.0. The Labute approximate surface area is 97.8 Å². The molecule has 0 unspecified atom stereocenters. The van der Waals surface area contributed by atoms with E-state index >= 15 is 0 Å². The van der Waals surface area contributed by atoms with Crippen LogP contribution in [-0.4, -0.2) is 17.1 Å². The Bertz CT molecular complexity index is 456. The van der Waals surface area contributed by atoms with E-state index in [2.05, 4.69) is 21.8 Å². The highest BCUT2D eigenvalue weighted by Gasteiger charge is 2.28. The number of rotatable bonds is 3. The zero-order valence-electron chi connectivity index (χ0n) is 8.81. The van der Waals surface area contributed by atoms with Crippen LogP contribution in [0.5, 0.6) is 0 Å². The molecule has 1 aromatic heterocycles. The monoisotopic (exact) mass is 234 g/mol. The van der Waals surface area contributed by atoms with Crippen molar-refractivity contribution in [2.24, 2.45) is 5.84 Å². The van der Waals surface area contributed by atoms with Crippen LogP contribution in [0.2, 0.25) is 0 Å². The highest BCUT2D eigenvalue weighted by atomic mass is 32.1. The normalized spacial score (nSPS) is 24.3. The van der Waals surface area contributed by atoms with Gasteiger partial charge in [-0.15, -0.1) is 0 Å². The summed E-state index contributed by atoms with van der Waals surface area (Å²) in [5, 5.41) is 4.46. The van der Waals surface area contributed by atoms with Gasteiger partial charge in [0.05, 0.1) is 10.2 Å². The number of para-hydroxylation sites is 1. The van der Waals surface area contributed by atoms with Gasteiger partial charge in [-0.1, -0.05) is 23.5 Å². The third-order valence-corrected chi connectivity index (χ3v) is 3.96. The molecule has 0 atom stereocenters. The molecule has 0 radical (unpaired) electrons. The van der Waals surface area contributed by atoms with Crippen LogP contribution in [0.15, 0.2) is 24.3 Å². The molecule has 0 bridgehead atoms. The molecule has 1 aromatic carbocycles. The van der Waals surface area contributed by atoms with E-state index < -0.39 is 0 Å². The molecule has 5 heteroatoms. The van der Waals surface area contributed by atoms with Crippen molar-refractivity contribution in [2.75, 3.05) is 5.32 Å². The topological polar surface area (TPSA) is 63.0 Å². The van der Waals surface area contributed by atoms with E-state index in [1.807, 2.05) is 18.2 Å². The molecule has 1 heterocycles. The molecule has 4 nitrogen and oxygen atoms in total. The van der Waals surface area contributed by atoms with E-state index in [0.29, 0.717) is 12.1 Å². The molecule has 1 aliphatic carbocycles. The number of thiazole rings is 1. The van der Waals surface area contributed by atoms with Gasteiger partial charge < -0.3 is 5.32 Å². The molecule has 0 amide bonds. The third kappa shape index (κ3) is 1.77. The molecule has 0 spiro atoms. The number of hydrogen-bond donors (Lipinski definition) is 3. The SMILES string of the molecule is NN[C@H]1C[C@H](Nc2nc3ccccc3s2)C1. The van der Waals surface area contributed by atoms with Gasteiger partial charge in [-0.25, -0.2) is 4.98 Å². The summed E-state index contributed by atoms with van der Waals surface area (Å²) in [7, 11) is 0. The summed E-state index contributed by atoms with van der Waals surface area (Å²) in [6, 6.07) is 9.19. The summed E-state index contributed by atoms with van der Waals surface area (Å²) in [5.74, 6) is 5.36. The van der Waals surface area contributed by atoms with Gasteiger partial charge in [-0.2, -0.15) is 0 Å². The lowest BCUT2D eigenvalue weighted by Crippen LogP contribution is -2.50. The fraction of sp³-hybridized carbons (Fsp3) is 0.364. The first-order chi connectivity index (χ1) is 7.85. The van der Waals surface area contributed by atoms with E-state index in [0.717, 1.165) is 23.5 Å². The van der Waals surface area contributed by atoms with Crippen molar-refractivity contribution in [3.05, 3.63) is 24.3 Å². The van der Waals surface area contributed by atoms with Crippen LogP contribution in [0.1, 0.15) is 12.8 Å². The minimum atomic E-state index is 0.465. The second-order valence-electron chi connectivity index (χ2n) is 4.16. The lowest BCUT2D eigenvalue weighted by molar-refractivity contribution is 0.313. The van der Waals surface area contributed by atoms with E-state index in [4.69, 9.17) is 5.84 Å². The molecular formula is C11H14N4S. The van der Waals surface area contributed by atoms with Crippen molar-refractivity contribution in [3.8, 4) is 0 Å². The van der Waals surface area contributed by atoms with Gasteiger partial charge in [-0.3, -0.25) is 11.3 Å². The number of hydrogen-bond acceptors (Lipinski definition) is 5. The number of nitrogens with one attached hydrogen (secondary N) is 2. The van der Waals surface area contributed by atoms with Crippen LogP contribution in [0.4, 0.5) is 5.13 Å². The molecule has 1 aliphatic rings. The summed E-state index contributed by atoms with van der Waals surface area (Å²) < 4.78 is 1.23. The first-order valence-corrected chi connectivity index (χ1v) is 6.25. The number of fused-ring (bicyclic) bond motifs is 1. The number of hydrazine groups is 1. The highest BCUT2D eigenvalue weighted by molar-refractivity contribution is 7.22. The average molecular weight is 234 g/mol. The van der Waals surface area contributed by atoms with Gasteiger partial charge in [0.1, 0.15) is 0 Å². The van der Waals surface area contributed by atoms with Gasteiger partial charge in [0, 0.05) is 12.1 Å². The Kier molecular flexibility index (Phi) is 2.51. The van der Waals surface area contributed by atoms with Crippen molar-refractivity contribution >= 4 is 26.7 Å². The summed E-state index contributed by atoms with van der Waals surface area (Å²) >= 11 is 1.71. The largest absolute Gasteiger partial charge is 0.359 e. The highest BCUT2D eigenvalue weighted by Crippen LogP contribution is 2.29. The van der Waals surface area contributed by atoms with Gasteiger partial charge in [0.2, 0.25) is 0 Å². The van der Waals surface area contributed by atoms with Crippen LogP contribution >= 0.6 is 11.3 Å². The molecule has 84 valence electrons. The third-order valence-electron chi connectivity index (χ3n) is 3.00. The molecular weight excluding hydrogens is 220 g/mol. The maximum Gasteiger partial charge on any atom is 0.184 e. The van der Waals surface area contributed by atoms with Crippen LogP contribution < -0.4 is 16.6 Å². The lowest BCUT2D eigenvalue weighted by Gasteiger charge is -2.34. The second kappa shape index (κ2) is 4.01. The molecule has 1 fully saturated rings. The standard InChI is InChI=1S/C11H14N4S/c12-15-8-5-7(6-8)13-11-14-9-3-1-2-4-10(9)16-11/h1-4,7-8,15H,5-6,12H2,(H,13,14)/t7-,8-. The van der Waals surface area contributed by atoms with Gasteiger partial charge >= 0.3 is 0 Å². The Morgan fingerprint density at radius 3 is 2.81 bits per heavy atom. The van der Waals surface area contributed by atoms with E-state index in [1.165, 1.54) is 4.70 Å². The fourth-order valence-corrected chi connectivity index (χ4v) is 2.92. The molecule has 2 aromatic rings. The van der Waals surface area contributed by atoms with E-state index in [1.54, 1.807) is 11.3 Å². The van der Waals surface area contributed by atoms with Crippen LogP contribution in [0.25, 0.3) is 10.2 Å². The number of anilines is 1. The maximum atomic E-state index is 5.36. The van der Waals surface area contributed by atoms with Crippen LogP contribution in [-0.2, 0) is 0 Å². The summed E-state index contributed by atoms with van der Waals surface area (Å²) in [6.45, 7) is 0. The first-order valence-electron chi connectivity index (χ1n) is 5.43. The number of benzene rings is 1. The Hall–Kier alpha value is -1.17. The minimum Gasteiger partial charge on any atom is -0.359 e. The summed E-state index contributed by atoms with van der Waals surface area (Å²) in [5.41, 5.74) is 3.86. The Morgan fingerprint density at radius 1 is 1.25 bits per heavy atom. The van der Waals surface area contributed by atoms with E-state index in [9.17, 15) is 0 Å². The molecule has 0 saturated heterocycles. The second-order valence-corrected chi connectivity index (χ2v) is 5.19. The predicted molar refractivity (Wildman–Crippen MR) is 67.4 cm³/mol. The quantitative estimate of drug-likeness (QED) is 0.559. The minimum absolute atomic E-state index is 0.465. The number of nitrogens with two attached hydrogens (primary N) is 1. The summed E-state index contributed by atoms with van der Waals surface area (Å²) in [4.78, 5) is 4.54. The molecule has 16 heavy (non-hydrogen) atoms.